The summed E-state index contributed by atoms with van der Waals surface area (Å²) in [6, 6.07) is 0. The van der Waals surface area contributed by atoms with Crippen LogP contribution in [-0.2, 0) is 19.1 Å². The maximum absolute atomic E-state index is 13.6. The van der Waals surface area contributed by atoms with E-state index in [0.717, 1.165) is 19.3 Å². The van der Waals surface area contributed by atoms with Gasteiger partial charge < -0.3 is 4.74 Å². The molecule has 3 saturated carbocycles. The van der Waals surface area contributed by atoms with Gasteiger partial charge in [0.25, 0.3) is 0 Å². The molecule has 4 aliphatic rings. The molecule has 0 radical (unpaired) electrons. The van der Waals surface area contributed by atoms with Crippen LogP contribution in [0.1, 0.15) is 53.9 Å². The molecule has 0 N–H and O–H groups in total. The lowest BCUT2D eigenvalue weighted by molar-refractivity contribution is -0.162. The second-order valence-electron chi connectivity index (χ2n) is 9.14. The highest BCUT2D eigenvalue weighted by atomic mass is 16.6. The number of carbonyl (C=O) groups is 3. The molecule has 0 amide bonds. The van der Waals surface area contributed by atoms with Crippen LogP contribution in [0.15, 0.2) is 0 Å². The Morgan fingerprint density at radius 1 is 1.00 bits per heavy atom. The molecule has 1 heterocycles. The maximum atomic E-state index is 13.6. The standard InChI is InChI=1S/C19H26O4/c1-9-6-7-11-10(2)8-12-13-17(3,4)23-16(22)18(13,5)15(21)19(11,12)14(9)20/h9-13H,6-8H2,1-5H3/t9-,10-,11+,12-,13+,18-,19?/m0/s1. The summed E-state index contributed by atoms with van der Waals surface area (Å²) in [7, 11) is 0. The van der Waals surface area contributed by atoms with Crippen LogP contribution in [0.3, 0.4) is 0 Å². The average molecular weight is 318 g/mol. The van der Waals surface area contributed by atoms with E-state index in [9.17, 15) is 14.4 Å². The van der Waals surface area contributed by atoms with E-state index in [0.29, 0.717) is 5.92 Å². The van der Waals surface area contributed by atoms with E-state index in [1.165, 1.54) is 0 Å². The molecule has 1 spiro atoms. The maximum Gasteiger partial charge on any atom is 0.320 e. The van der Waals surface area contributed by atoms with Crippen molar-refractivity contribution in [3.8, 4) is 0 Å². The fraction of sp³-hybridized carbons (Fsp3) is 0.842. The molecule has 1 aliphatic heterocycles. The van der Waals surface area contributed by atoms with Gasteiger partial charge in [-0.2, -0.15) is 0 Å². The van der Waals surface area contributed by atoms with Gasteiger partial charge >= 0.3 is 5.97 Å². The van der Waals surface area contributed by atoms with Gasteiger partial charge in [-0.05, 0) is 57.8 Å². The van der Waals surface area contributed by atoms with Gasteiger partial charge in [0.15, 0.2) is 5.78 Å². The van der Waals surface area contributed by atoms with Gasteiger partial charge in [-0.25, -0.2) is 0 Å². The molecule has 4 heteroatoms. The van der Waals surface area contributed by atoms with Crippen molar-refractivity contribution in [2.45, 2.75) is 59.5 Å². The fourth-order valence-electron chi connectivity index (χ4n) is 6.95. The number of Topliss-reactive ketones (excluding diaryl/α,β-unsaturated/α-hetero) is 2. The minimum Gasteiger partial charge on any atom is -0.459 e. The van der Waals surface area contributed by atoms with Crippen molar-refractivity contribution in [2.75, 3.05) is 0 Å². The summed E-state index contributed by atoms with van der Waals surface area (Å²) < 4.78 is 5.60. The number of ketones is 2. The molecule has 1 saturated heterocycles. The zero-order chi connectivity index (χ0) is 16.9. The predicted octanol–water partition coefficient (Wildman–Crippen LogP) is 2.78. The van der Waals surface area contributed by atoms with E-state index in [1.54, 1.807) is 6.92 Å². The second-order valence-corrected chi connectivity index (χ2v) is 9.14. The molecule has 0 aromatic rings. The summed E-state index contributed by atoms with van der Waals surface area (Å²) in [5.41, 5.74) is -2.74. The van der Waals surface area contributed by atoms with Crippen LogP contribution < -0.4 is 0 Å². The zero-order valence-electron chi connectivity index (χ0n) is 14.6. The topological polar surface area (TPSA) is 60.4 Å². The zero-order valence-corrected chi connectivity index (χ0v) is 14.6. The largest absolute Gasteiger partial charge is 0.459 e. The lowest BCUT2D eigenvalue weighted by Crippen LogP contribution is -2.53. The molecule has 126 valence electrons. The molecule has 7 atom stereocenters. The number of hydrogen-bond acceptors (Lipinski definition) is 4. The van der Waals surface area contributed by atoms with E-state index in [1.807, 2.05) is 20.8 Å². The van der Waals surface area contributed by atoms with Crippen LogP contribution in [0, 0.1) is 40.4 Å². The van der Waals surface area contributed by atoms with Crippen molar-refractivity contribution in [1.29, 1.82) is 0 Å². The first-order valence-electron chi connectivity index (χ1n) is 8.92. The van der Waals surface area contributed by atoms with Crippen LogP contribution in [0.2, 0.25) is 0 Å². The van der Waals surface area contributed by atoms with Crippen LogP contribution >= 0.6 is 0 Å². The van der Waals surface area contributed by atoms with Gasteiger partial charge in [-0.1, -0.05) is 13.8 Å². The van der Waals surface area contributed by atoms with Crippen molar-refractivity contribution in [3.05, 3.63) is 0 Å². The summed E-state index contributed by atoms with van der Waals surface area (Å²) in [4.78, 5) is 39.5. The Bertz CT molecular complexity index is 635. The smallest absolute Gasteiger partial charge is 0.320 e. The highest BCUT2D eigenvalue weighted by molar-refractivity contribution is 6.20. The molecule has 23 heavy (non-hydrogen) atoms. The summed E-state index contributed by atoms with van der Waals surface area (Å²) in [5, 5.41) is 0. The van der Waals surface area contributed by atoms with E-state index in [-0.39, 0.29) is 35.2 Å². The van der Waals surface area contributed by atoms with E-state index < -0.39 is 22.4 Å². The number of ether oxygens (including phenoxy) is 1. The Labute approximate surface area is 137 Å². The molecule has 0 aromatic heterocycles. The third-order valence-corrected chi connectivity index (χ3v) is 7.65. The van der Waals surface area contributed by atoms with Gasteiger partial charge in [0.1, 0.15) is 16.8 Å². The SMILES string of the molecule is C[C@H]1CC[C@@H]2[C@@H](C)C[C@H]3[C@@H]4C(C)(C)OC(=O)[C@]4(C)C(=O)C23C1=O. The molecule has 0 aromatic carbocycles. The third-order valence-electron chi connectivity index (χ3n) is 7.65. The number of fused-ring (bicyclic) bond motifs is 2. The van der Waals surface area contributed by atoms with Crippen molar-refractivity contribution in [3.63, 3.8) is 0 Å². The molecule has 1 unspecified atom stereocenters. The third kappa shape index (κ3) is 1.39. The summed E-state index contributed by atoms with van der Waals surface area (Å²) in [5.74, 6) is -0.281. The van der Waals surface area contributed by atoms with Gasteiger partial charge in [0.2, 0.25) is 0 Å². The predicted molar refractivity (Wildman–Crippen MR) is 83.4 cm³/mol. The Morgan fingerprint density at radius 3 is 2.30 bits per heavy atom. The Hall–Kier alpha value is -1.19. The lowest BCUT2D eigenvalue weighted by Gasteiger charge is -2.42. The molecular weight excluding hydrogens is 292 g/mol. The van der Waals surface area contributed by atoms with Crippen molar-refractivity contribution in [2.24, 2.45) is 40.4 Å². The Balaban J connectivity index is 1.96. The number of hydrogen-bond donors (Lipinski definition) is 0. The highest BCUT2D eigenvalue weighted by Crippen LogP contribution is 2.72. The second kappa shape index (κ2) is 4.07. The number of rotatable bonds is 0. The number of esters is 1. The van der Waals surface area contributed by atoms with Gasteiger partial charge in [-0.15, -0.1) is 0 Å². The molecule has 4 nitrogen and oxygen atoms in total. The summed E-state index contributed by atoms with van der Waals surface area (Å²) in [6.07, 6.45) is 2.65. The Kier molecular flexibility index (Phi) is 2.71. The number of cyclic esters (lactones) is 1. The average Bonchev–Trinajstić information content (AvgIpc) is 2.91. The van der Waals surface area contributed by atoms with Crippen LogP contribution in [0.5, 0.6) is 0 Å². The highest BCUT2D eigenvalue weighted by Gasteiger charge is 2.82. The quantitative estimate of drug-likeness (QED) is 0.509. The fourth-order valence-corrected chi connectivity index (χ4v) is 6.95. The minimum atomic E-state index is -1.14. The van der Waals surface area contributed by atoms with Crippen LogP contribution in [0.4, 0.5) is 0 Å². The lowest BCUT2D eigenvalue weighted by atomic mass is 9.58. The summed E-state index contributed by atoms with van der Waals surface area (Å²) >= 11 is 0. The molecule has 4 fully saturated rings. The molecular formula is C19H26O4. The Morgan fingerprint density at radius 2 is 1.65 bits per heavy atom. The summed E-state index contributed by atoms with van der Waals surface area (Å²) in [6.45, 7) is 9.66. The minimum absolute atomic E-state index is 0.0447. The molecule has 0 bridgehead atoms. The molecule has 4 rings (SSSR count). The van der Waals surface area contributed by atoms with Crippen molar-refractivity contribution in [1.82, 2.24) is 0 Å². The van der Waals surface area contributed by atoms with Gasteiger partial charge in [-0.3, -0.25) is 14.4 Å². The van der Waals surface area contributed by atoms with Gasteiger partial charge in [0, 0.05) is 11.8 Å². The van der Waals surface area contributed by atoms with Crippen LogP contribution in [-0.4, -0.2) is 23.1 Å². The van der Waals surface area contributed by atoms with E-state index in [4.69, 9.17) is 4.74 Å². The monoisotopic (exact) mass is 318 g/mol. The van der Waals surface area contributed by atoms with Crippen LogP contribution in [0.25, 0.3) is 0 Å². The first-order valence-corrected chi connectivity index (χ1v) is 8.92. The first kappa shape index (κ1) is 15.3. The van der Waals surface area contributed by atoms with E-state index in [2.05, 4.69) is 6.92 Å². The van der Waals surface area contributed by atoms with Crippen molar-refractivity contribution >= 4 is 17.5 Å². The first-order chi connectivity index (χ1) is 10.6. The molecule has 3 aliphatic carbocycles. The normalized spacial score (nSPS) is 53.8. The van der Waals surface area contributed by atoms with Gasteiger partial charge in [0.05, 0.1) is 5.41 Å². The van der Waals surface area contributed by atoms with E-state index >= 15 is 0 Å². The van der Waals surface area contributed by atoms with Crippen molar-refractivity contribution < 1.29 is 19.1 Å². The number of carbonyl (C=O) groups excluding carboxylic acids is 3.